The van der Waals surface area contributed by atoms with E-state index in [4.69, 9.17) is 10.5 Å². The van der Waals surface area contributed by atoms with E-state index in [0.29, 0.717) is 11.3 Å². The third-order valence-corrected chi connectivity index (χ3v) is 2.35. The summed E-state index contributed by atoms with van der Waals surface area (Å²) in [7, 11) is 0. The molecule has 0 spiro atoms. The summed E-state index contributed by atoms with van der Waals surface area (Å²) in [5.74, 6) is -1.11. The van der Waals surface area contributed by atoms with E-state index in [2.05, 4.69) is 4.74 Å². The number of esters is 2. The standard InChI is InChI=1S/C13H16FNO4.ClH/c1-3-18-13(17)11(14)12(15)9-4-6-10(7-5-9)19-8(2)16;/h4-7,11-12H,3,15H2,1-2H3;1H/t11?,12-;/m1./s1. The Morgan fingerprint density at radius 1 is 1.30 bits per heavy atom. The van der Waals surface area contributed by atoms with Gasteiger partial charge in [-0.3, -0.25) is 4.79 Å². The van der Waals surface area contributed by atoms with Gasteiger partial charge in [0.1, 0.15) is 5.75 Å². The number of hydrogen-bond acceptors (Lipinski definition) is 5. The van der Waals surface area contributed by atoms with Gasteiger partial charge in [0, 0.05) is 6.92 Å². The molecule has 0 amide bonds. The summed E-state index contributed by atoms with van der Waals surface area (Å²) in [6.45, 7) is 2.96. The largest absolute Gasteiger partial charge is 0.464 e. The molecule has 1 rings (SSSR count). The predicted octanol–water partition coefficient (Wildman–Crippen LogP) is 1.93. The SMILES string of the molecule is CCOC(=O)C(F)[C@H](N)c1ccc(OC(C)=O)cc1.Cl. The summed E-state index contributed by atoms with van der Waals surface area (Å²) < 4.78 is 23.1. The molecule has 0 aromatic heterocycles. The molecule has 0 heterocycles. The van der Waals surface area contributed by atoms with E-state index in [-0.39, 0.29) is 19.0 Å². The van der Waals surface area contributed by atoms with Crippen LogP contribution >= 0.6 is 12.4 Å². The molecule has 1 aromatic rings. The van der Waals surface area contributed by atoms with E-state index in [9.17, 15) is 14.0 Å². The van der Waals surface area contributed by atoms with Gasteiger partial charge in [0.25, 0.3) is 0 Å². The summed E-state index contributed by atoms with van der Waals surface area (Å²) >= 11 is 0. The molecule has 0 bridgehead atoms. The lowest BCUT2D eigenvalue weighted by Crippen LogP contribution is -2.31. The zero-order valence-electron chi connectivity index (χ0n) is 11.2. The fourth-order valence-electron chi connectivity index (χ4n) is 1.46. The fourth-order valence-corrected chi connectivity index (χ4v) is 1.46. The molecule has 20 heavy (non-hydrogen) atoms. The first kappa shape index (κ1) is 18.3. The van der Waals surface area contributed by atoms with Crippen LogP contribution in [0.5, 0.6) is 5.75 Å². The van der Waals surface area contributed by atoms with E-state index in [1.165, 1.54) is 31.2 Å². The molecule has 0 radical (unpaired) electrons. The monoisotopic (exact) mass is 305 g/mol. The summed E-state index contributed by atoms with van der Waals surface area (Å²) in [5.41, 5.74) is 6.05. The maximum absolute atomic E-state index is 13.7. The average molecular weight is 306 g/mol. The number of benzene rings is 1. The highest BCUT2D eigenvalue weighted by atomic mass is 35.5. The van der Waals surface area contributed by atoms with Crippen molar-refractivity contribution in [3.8, 4) is 5.75 Å². The van der Waals surface area contributed by atoms with Gasteiger partial charge >= 0.3 is 11.9 Å². The Bertz CT molecular complexity index is 452. The molecular formula is C13H17ClFNO4. The molecular weight excluding hydrogens is 289 g/mol. The van der Waals surface area contributed by atoms with Crippen LogP contribution in [0.25, 0.3) is 0 Å². The number of alkyl halides is 1. The molecule has 0 aliphatic heterocycles. The Hall–Kier alpha value is -1.66. The zero-order chi connectivity index (χ0) is 14.4. The smallest absolute Gasteiger partial charge is 0.342 e. The molecule has 1 aromatic carbocycles. The maximum atomic E-state index is 13.7. The fraction of sp³-hybridized carbons (Fsp3) is 0.385. The average Bonchev–Trinajstić information content (AvgIpc) is 2.37. The Balaban J connectivity index is 0.00000361. The van der Waals surface area contributed by atoms with Gasteiger partial charge < -0.3 is 15.2 Å². The van der Waals surface area contributed by atoms with Crippen LogP contribution < -0.4 is 10.5 Å². The van der Waals surface area contributed by atoms with Crippen molar-refractivity contribution >= 4 is 24.3 Å². The Kier molecular flexibility index (Phi) is 7.79. The van der Waals surface area contributed by atoms with Crippen molar-refractivity contribution in [2.75, 3.05) is 6.61 Å². The topological polar surface area (TPSA) is 78.6 Å². The van der Waals surface area contributed by atoms with E-state index >= 15 is 0 Å². The van der Waals surface area contributed by atoms with E-state index in [1.807, 2.05) is 0 Å². The third kappa shape index (κ3) is 5.14. The number of hydrogen-bond donors (Lipinski definition) is 1. The molecule has 0 aliphatic carbocycles. The van der Waals surface area contributed by atoms with Gasteiger partial charge in [-0.1, -0.05) is 12.1 Å². The minimum Gasteiger partial charge on any atom is -0.464 e. The number of halogens is 2. The summed E-state index contributed by atoms with van der Waals surface area (Å²) in [5, 5.41) is 0. The highest BCUT2D eigenvalue weighted by molar-refractivity contribution is 5.85. The first-order valence-electron chi connectivity index (χ1n) is 5.80. The first-order valence-corrected chi connectivity index (χ1v) is 5.80. The number of carbonyl (C=O) groups excluding carboxylic acids is 2. The molecule has 112 valence electrons. The van der Waals surface area contributed by atoms with Crippen molar-refractivity contribution in [1.82, 2.24) is 0 Å². The lowest BCUT2D eigenvalue weighted by Gasteiger charge is -2.16. The van der Waals surface area contributed by atoms with Crippen LogP contribution in [0.1, 0.15) is 25.5 Å². The van der Waals surface area contributed by atoms with Gasteiger partial charge in [0.05, 0.1) is 12.6 Å². The molecule has 2 N–H and O–H groups in total. The maximum Gasteiger partial charge on any atom is 0.342 e. The molecule has 0 fully saturated rings. The van der Waals surface area contributed by atoms with Crippen LogP contribution in [-0.2, 0) is 14.3 Å². The predicted molar refractivity (Wildman–Crippen MR) is 73.5 cm³/mol. The van der Waals surface area contributed by atoms with Crippen molar-refractivity contribution < 1.29 is 23.5 Å². The zero-order valence-corrected chi connectivity index (χ0v) is 12.0. The highest BCUT2D eigenvalue weighted by Crippen LogP contribution is 2.21. The lowest BCUT2D eigenvalue weighted by atomic mass is 10.0. The summed E-state index contributed by atoms with van der Waals surface area (Å²) in [6.07, 6.45) is -1.93. The molecule has 1 unspecified atom stereocenters. The van der Waals surface area contributed by atoms with Crippen molar-refractivity contribution in [2.45, 2.75) is 26.1 Å². The van der Waals surface area contributed by atoms with E-state index in [1.54, 1.807) is 6.92 Å². The van der Waals surface area contributed by atoms with E-state index < -0.39 is 24.2 Å². The summed E-state index contributed by atoms with van der Waals surface area (Å²) in [6, 6.07) is 4.83. The molecule has 0 aliphatic rings. The normalized spacial score (nSPS) is 12.8. The van der Waals surface area contributed by atoms with Crippen LogP contribution in [0, 0.1) is 0 Å². The Morgan fingerprint density at radius 2 is 1.85 bits per heavy atom. The van der Waals surface area contributed by atoms with Crippen LogP contribution in [0.4, 0.5) is 4.39 Å². The van der Waals surface area contributed by atoms with Crippen molar-refractivity contribution in [3.05, 3.63) is 29.8 Å². The van der Waals surface area contributed by atoms with Crippen LogP contribution in [0.2, 0.25) is 0 Å². The lowest BCUT2D eigenvalue weighted by molar-refractivity contribution is -0.150. The summed E-state index contributed by atoms with van der Waals surface area (Å²) in [4.78, 5) is 22.0. The first-order chi connectivity index (χ1) is 8.95. The number of nitrogens with two attached hydrogens (primary N) is 1. The van der Waals surface area contributed by atoms with Gasteiger partial charge in [-0.15, -0.1) is 12.4 Å². The second-order valence-electron chi connectivity index (χ2n) is 3.84. The second-order valence-corrected chi connectivity index (χ2v) is 3.84. The molecule has 0 saturated heterocycles. The number of ether oxygens (including phenoxy) is 2. The van der Waals surface area contributed by atoms with Crippen LogP contribution in [0.3, 0.4) is 0 Å². The van der Waals surface area contributed by atoms with Gasteiger partial charge in [-0.05, 0) is 24.6 Å². The number of rotatable bonds is 5. The van der Waals surface area contributed by atoms with Crippen LogP contribution in [-0.4, -0.2) is 24.7 Å². The van der Waals surface area contributed by atoms with Crippen molar-refractivity contribution in [3.63, 3.8) is 0 Å². The minimum atomic E-state index is -1.93. The Morgan fingerprint density at radius 3 is 2.30 bits per heavy atom. The van der Waals surface area contributed by atoms with E-state index in [0.717, 1.165) is 0 Å². The van der Waals surface area contributed by atoms with Gasteiger partial charge in [-0.2, -0.15) is 0 Å². The molecule has 5 nitrogen and oxygen atoms in total. The molecule has 7 heteroatoms. The van der Waals surface area contributed by atoms with Gasteiger partial charge in [-0.25, -0.2) is 9.18 Å². The van der Waals surface area contributed by atoms with Crippen molar-refractivity contribution in [1.29, 1.82) is 0 Å². The van der Waals surface area contributed by atoms with Crippen LogP contribution in [0.15, 0.2) is 24.3 Å². The molecule has 0 saturated carbocycles. The number of carbonyl (C=O) groups is 2. The van der Waals surface area contributed by atoms with Crippen molar-refractivity contribution in [2.24, 2.45) is 5.73 Å². The quantitative estimate of drug-likeness (QED) is 0.664. The molecule has 2 atom stereocenters. The van der Waals surface area contributed by atoms with Gasteiger partial charge in [0.15, 0.2) is 0 Å². The van der Waals surface area contributed by atoms with Gasteiger partial charge in [0.2, 0.25) is 6.17 Å². The Labute approximate surface area is 122 Å². The highest BCUT2D eigenvalue weighted by Gasteiger charge is 2.27. The minimum absolute atomic E-state index is 0. The third-order valence-electron chi connectivity index (χ3n) is 2.35. The second kappa shape index (κ2) is 8.50.